The fourth-order valence-electron chi connectivity index (χ4n) is 4.28. The number of aromatic nitrogens is 1. The summed E-state index contributed by atoms with van der Waals surface area (Å²) in [6, 6.07) is 15.4. The molecule has 7 nitrogen and oxygen atoms in total. The van der Waals surface area contributed by atoms with Gasteiger partial charge in [-0.25, -0.2) is 13.8 Å². The molecular formula is C25H27ClN4O3S. The SMILES string of the molecule is Cc1ccc(-n2c(C)cc(/C=N\NC(=O)[C@H]3CCCN3S(=O)(=O)c3ccc(Cl)cc3)c2C)cc1. The number of sulfonamides is 1. The number of halogens is 1. The zero-order valence-corrected chi connectivity index (χ0v) is 20.9. The van der Waals surface area contributed by atoms with Crippen molar-refractivity contribution in [3.05, 3.63) is 82.1 Å². The highest BCUT2D eigenvalue weighted by molar-refractivity contribution is 7.89. The van der Waals surface area contributed by atoms with E-state index in [0.717, 1.165) is 22.6 Å². The summed E-state index contributed by atoms with van der Waals surface area (Å²) in [6.07, 6.45) is 2.64. The van der Waals surface area contributed by atoms with E-state index in [2.05, 4.69) is 39.4 Å². The van der Waals surface area contributed by atoms with Crippen LogP contribution in [0.2, 0.25) is 5.02 Å². The van der Waals surface area contributed by atoms with Crippen LogP contribution in [0.4, 0.5) is 0 Å². The number of nitrogens with one attached hydrogen (secondary N) is 1. The molecule has 34 heavy (non-hydrogen) atoms. The minimum absolute atomic E-state index is 0.114. The third kappa shape index (κ3) is 4.80. The number of benzene rings is 2. The third-order valence-electron chi connectivity index (χ3n) is 6.07. The van der Waals surface area contributed by atoms with Gasteiger partial charge in [0.05, 0.1) is 11.1 Å². The van der Waals surface area contributed by atoms with E-state index in [4.69, 9.17) is 11.6 Å². The second-order valence-corrected chi connectivity index (χ2v) is 10.8. The van der Waals surface area contributed by atoms with Gasteiger partial charge in [0.1, 0.15) is 6.04 Å². The van der Waals surface area contributed by atoms with Gasteiger partial charge >= 0.3 is 0 Å². The highest BCUT2D eigenvalue weighted by Gasteiger charge is 2.39. The second-order valence-electron chi connectivity index (χ2n) is 8.46. The molecule has 1 amide bonds. The highest BCUT2D eigenvalue weighted by atomic mass is 35.5. The third-order valence-corrected chi connectivity index (χ3v) is 8.24. The van der Waals surface area contributed by atoms with E-state index in [1.807, 2.05) is 26.8 Å². The Bertz CT molecular complexity index is 1330. The summed E-state index contributed by atoms with van der Waals surface area (Å²) in [5.74, 6) is -0.446. The van der Waals surface area contributed by atoms with Crippen molar-refractivity contribution in [1.82, 2.24) is 14.3 Å². The molecule has 1 N–H and O–H groups in total. The lowest BCUT2D eigenvalue weighted by Gasteiger charge is -2.22. The zero-order valence-electron chi connectivity index (χ0n) is 19.3. The minimum atomic E-state index is -3.81. The molecular weight excluding hydrogens is 472 g/mol. The van der Waals surface area contributed by atoms with Gasteiger partial charge in [0, 0.05) is 34.2 Å². The predicted octanol–water partition coefficient (Wildman–Crippen LogP) is 4.36. The Morgan fingerprint density at radius 3 is 2.44 bits per heavy atom. The van der Waals surface area contributed by atoms with Crippen molar-refractivity contribution in [3.63, 3.8) is 0 Å². The number of hydrogen-bond donors (Lipinski definition) is 1. The molecule has 9 heteroatoms. The lowest BCUT2D eigenvalue weighted by atomic mass is 10.2. The van der Waals surface area contributed by atoms with Gasteiger partial charge in [-0.1, -0.05) is 29.3 Å². The number of carbonyl (C=O) groups is 1. The van der Waals surface area contributed by atoms with Crippen molar-refractivity contribution < 1.29 is 13.2 Å². The van der Waals surface area contributed by atoms with Gasteiger partial charge < -0.3 is 4.57 Å². The second kappa shape index (κ2) is 9.74. The standard InChI is InChI=1S/C25H27ClN4O3S/c1-17-6-10-22(11-7-17)30-18(2)15-20(19(30)3)16-27-28-25(31)24-5-4-14-29(24)34(32,33)23-12-8-21(26)9-13-23/h6-13,15-16,24H,4-5,14H2,1-3H3,(H,28,31)/b27-16-/t24-/m1/s1. The van der Waals surface area contributed by atoms with Crippen LogP contribution in [0.25, 0.3) is 5.69 Å². The Kier molecular flexibility index (Phi) is 6.93. The van der Waals surface area contributed by atoms with Crippen LogP contribution in [0, 0.1) is 20.8 Å². The topological polar surface area (TPSA) is 83.8 Å². The van der Waals surface area contributed by atoms with Crippen molar-refractivity contribution in [1.29, 1.82) is 0 Å². The molecule has 0 bridgehead atoms. The highest BCUT2D eigenvalue weighted by Crippen LogP contribution is 2.27. The average molecular weight is 499 g/mol. The van der Waals surface area contributed by atoms with Crippen LogP contribution in [0.1, 0.15) is 35.4 Å². The molecule has 4 rings (SSSR count). The smallest absolute Gasteiger partial charge is 0.258 e. The van der Waals surface area contributed by atoms with E-state index in [1.165, 1.54) is 34.1 Å². The van der Waals surface area contributed by atoms with E-state index in [1.54, 1.807) is 6.21 Å². The van der Waals surface area contributed by atoms with Crippen molar-refractivity contribution >= 4 is 33.7 Å². The maximum atomic E-state index is 13.1. The van der Waals surface area contributed by atoms with Crippen LogP contribution in [-0.2, 0) is 14.8 Å². The molecule has 0 unspecified atom stereocenters. The molecule has 1 atom stereocenters. The van der Waals surface area contributed by atoms with Crippen molar-refractivity contribution in [2.24, 2.45) is 5.10 Å². The molecule has 1 saturated heterocycles. The van der Waals surface area contributed by atoms with Gasteiger partial charge in [-0.2, -0.15) is 9.41 Å². The number of hydrogen-bond acceptors (Lipinski definition) is 4. The van der Waals surface area contributed by atoms with Gasteiger partial charge in [0.25, 0.3) is 5.91 Å². The molecule has 1 aliphatic rings. The summed E-state index contributed by atoms with van der Waals surface area (Å²) >= 11 is 5.88. The molecule has 2 aromatic carbocycles. The van der Waals surface area contributed by atoms with E-state index in [9.17, 15) is 13.2 Å². The van der Waals surface area contributed by atoms with Gasteiger partial charge in [-0.05, 0) is 76.1 Å². The fraction of sp³-hybridized carbons (Fsp3) is 0.280. The predicted molar refractivity (Wildman–Crippen MR) is 134 cm³/mol. The number of nitrogens with zero attached hydrogens (tertiary/aromatic N) is 3. The summed E-state index contributed by atoms with van der Waals surface area (Å²) in [5.41, 5.74) is 7.69. The minimum Gasteiger partial charge on any atom is -0.318 e. The van der Waals surface area contributed by atoms with Crippen LogP contribution >= 0.6 is 11.6 Å². The quantitative estimate of drug-likeness (QED) is 0.405. The first-order valence-corrected chi connectivity index (χ1v) is 12.9. The number of hydrazone groups is 1. The fourth-order valence-corrected chi connectivity index (χ4v) is 6.06. The summed E-state index contributed by atoms with van der Waals surface area (Å²) in [6.45, 7) is 6.34. The molecule has 178 valence electrons. The molecule has 0 saturated carbocycles. The summed E-state index contributed by atoms with van der Waals surface area (Å²) in [4.78, 5) is 12.9. The van der Waals surface area contributed by atoms with Crippen LogP contribution in [0.5, 0.6) is 0 Å². The number of carbonyl (C=O) groups excluding carboxylic acids is 1. The van der Waals surface area contributed by atoms with Gasteiger partial charge in [-0.3, -0.25) is 4.79 Å². The summed E-state index contributed by atoms with van der Waals surface area (Å²) in [5, 5.41) is 4.58. The van der Waals surface area contributed by atoms with E-state index in [0.29, 0.717) is 17.9 Å². The normalized spacial score (nSPS) is 16.9. The Balaban J connectivity index is 1.48. The monoisotopic (exact) mass is 498 g/mol. The summed E-state index contributed by atoms with van der Waals surface area (Å²) in [7, 11) is -3.81. The molecule has 1 aliphatic heterocycles. The molecule has 1 fully saturated rings. The van der Waals surface area contributed by atoms with Crippen LogP contribution in [0.15, 0.2) is 64.6 Å². The van der Waals surface area contributed by atoms with Crippen LogP contribution < -0.4 is 5.43 Å². The molecule has 0 radical (unpaired) electrons. The van der Waals surface area contributed by atoms with Gasteiger partial charge in [0.2, 0.25) is 10.0 Å². The maximum absolute atomic E-state index is 13.1. The Hall–Kier alpha value is -2.94. The van der Waals surface area contributed by atoms with E-state index < -0.39 is 22.0 Å². The van der Waals surface area contributed by atoms with Crippen molar-refractivity contribution in [2.75, 3.05) is 6.54 Å². The van der Waals surface area contributed by atoms with Crippen molar-refractivity contribution in [3.8, 4) is 5.69 Å². The summed E-state index contributed by atoms with van der Waals surface area (Å²) < 4.78 is 29.5. The van der Waals surface area contributed by atoms with Crippen LogP contribution in [0.3, 0.4) is 0 Å². The number of rotatable bonds is 6. The Morgan fingerprint density at radius 1 is 1.09 bits per heavy atom. The maximum Gasteiger partial charge on any atom is 0.258 e. The first-order valence-electron chi connectivity index (χ1n) is 11.0. The Labute approximate surface area is 205 Å². The molecule has 1 aromatic heterocycles. The number of aryl methyl sites for hydroxylation is 2. The first kappa shape index (κ1) is 24.2. The number of amides is 1. The lowest BCUT2D eigenvalue weighted by Crippen LogP contribution is -2.44. The van der Waals surface area contributed by atoms with Crippen molar-refractivity contribution in [2.45, 2.75) is 44.6 Å². The molecule has 2 heterocycles. The van der Waals surface area contributed by atoms with E-state index in [-0.39, 0.29) is 11.4 Å². The lowest BCUT2D eigenvalue weighted by molar-refractivity contribution is -0.124. The van der Waals surface area contributed by atoms with E-state index >= 15 is 0 Å². The average Bonchev–Trinajstić information content (AvgIpc) is 3.40. The first-order chi connectivity index (χ1) is 16.2. The van der Waals surface area contributed by atoms with Gasteiger partial charge in [-0.15, -0.1) is 0 Å². The Morgan fingerprint density at radius 2 is 1.76 bits per heavy atom. The van der Waals surface area contributed by atoms with Crippen LogP contribution in [-0.4, -0.2) is 42.0 Å². The zero-order chi connectivity index (χ0) is 24.5. The molecule has 0 spiro atoms. The molecule has 3 aromatic rings. The largest absolute Gasteiger partial charge is 0.318 e. The molecule has 0 aliphatic carbocycles. The van der Waals surface area contributed by atoms with Gasteiger partial charge in [0.15, 0.2) is 0 Å².